The van der Waals surface area contributed by atoms with Gasteiger partial charge in [0.1, 0.15) is 5.76 Å². The average molecular weight is 266 g/mol. The van der Waals surface area contributed by atoms with Crippen molar-refractivity contribution in [3.8, 4) is 0 Å². The fourth-order valence-corrected chi connectivity index (χ4v) is 1.28. The molecule has 0 aliphatic carbocycles. The van der Waals surface area contributed by atoms with Gasteiger partial charge in [-0.3, -0.25) is 0 Å². The first-order valence-corrected chi connectivity index (χ1v) is 5.07. The number of aryl methyl sites for hydroxylation is 2. The van der Waals surface area contributed by atoms with Gasteiger partial charge in [-0.1, -0.05) is 5.16 Å². The molecule has 1 aromatic rings. The molecule has 0 saturated carbocycles. The third-order valence-electron chi connectivity index (χ3n) is 2.25. The van der Waals surface area contributed by atoms with Gasteiger partial charge in [0.05, 0.1) is 12.2 Å². The molecule has 0 bridgehead atoms. The number of amides is 1. The number of carbonyl (C=O) groups is 1. The molecule has 18 heavy (non-hydrogen) atoms. The summed E-state index contributed by atoms with van der Waals surface area (Å²) in [7, 11) is 1.34. The topological polar surface area (TPSA) is 55.6 Å². The van der Waals surface area contributed by atoms with E-state index in [2.05, 4.69) is 9.89 Å². The highest BCUT2D eigenvalue weighted by Gasteiger charge is 2.30. The SMILES string of the molecule is Cc1noc(C)c1CN(C)C(=O)OCC(F)(F)F. The zero-order valence-electron chi connectivity index (χ0n) is 10.2. The largest absolute Gasteiger partial charge is 0.440 e. The van der Waals surface area contributed by atoms with Crippen molar-refractivity contribution in [2.75, 3.05) is 13.7 Å². The van der Waals surface area contributed by atoms with E-state index in [9.17, 15) is 18.0 Å². The minimum Gasteiger partial charge on any atom is -0.440 e. The lowest BCUT2D eigenvalue weighted by atomic mass is 10.2. The van der Waals surface area contributed by atoms with Crippen molar-refractivity contribution in [2.45, 2.75) is 26.6 Å². The van der Waals surface area contributed by atoms with Crippen molar-refractivity contribution in [2.24, 2.45) is 0 Å². The summed E-state index contributed by atoms with van der Waals surface area (Å²) in [6.07, 6.45) is -5.58. The van der Waals surface area contributed by atoms with E-state index in [0.717, 1.165) is 4.90 Å². The molecular formula is C10H13F3N2O3. The molecule has 8 heteroatoms. The molecule has 1 aromatic heterocycles. The lowest BCUT2D eigenvalue weighted by Crippen LogP contribution is -2.30. The Morgan fingerprint density at radius 1 is 1.44 bits per heavy atom. The zero-order valence-corrected chi connectivity index (χ0v) is 10.2. The van der Waals surface area contributed by atoms with Crippen LogP contribution in [0.1, 0.15) is 17.0 Å². The smallest absolute Gasteiger partial charge is 0.422 e. The van der Waals surface area contributed by atoms with Gasteiger partial charge in [-0.15, -0.1) is 0 Å². The van der Waals surface area contributed by atoms with Crippen molar-refractivity contribution in [3.63, 3.8) is 0 Å². The van der Waals surface area contributed by atoms with Crippen molar-refractivity contribution in [3.05, 3.63) is 17.0 Å². The first-order chi connectivity index (χ1) is 8.20. The molecule has 0 spiro atoms. The van der Waals surface area contributed by atoms with Crippen LogP contribution in [0.5, 0.6) is 0 Å². The molecule has 0 atom stereocenters. The molecule has 0 unspecified atom stereocenters. The van der Waals surface area contributed by atoms with Crippen LogP contribution in [-0.2, 0) is 11.3 Å². The van der Waals surface area contributed by atoms with Crippen molar-refractivity contribution >= 4 is 6.09 Å². The van der Waals surface area contributed by atoms with Gasteiger partial charge in [0, 0.05) is 12.6 Å². The molecule has 0 N–H and O–H groups in total. The summed E-state index contributed by atoms with van der Waals surface area (Å²) < 4.78 is 44.6. The van der Waals surface area contributed by atoms with Gasteiger partial charge in [0.2, 0.25) is 0 Å². The van der Waals surface area contributed by atoms with Gasteiger partial charge in [-0.05, 0) is 13.8 Å². The number of hydrogen-bond acceptors (Lipinski definition) is 4. The van der Waals surface area contributed by atoms with Crippen LogP contribution in [0.3, 0.4) is 0 Å². The first-order valence-electron chi connectivity index (χ1n) is 5.07. The molecule has 1 amide bonds. The number of ether oxygens (including phenoxy) is 1. The van der Waals surface area contributed by atoms with E-state index >= 15 is 0 Å². The molecule has 1 rings (SSSR count). The van der Waals surface area contributed by atoms with Gasteiger partial charge in [-0.2, -0.15) is 13.2 Å². The van der Waals surface area contributed by atoms with Crippen LogP contribution in [0.2, 0.25) is 0 Å². The Balaban J connectivity index is 2.55. The van der Waals surface area contributed by atoms with Crippen molar-refractivity contribution in [1.29, 1.82) is 0 Å². The van der Waals surface area contributed by atoms with Gasteiger partial charge in [-0.25, -0.2) is 4.79 Å². The van der Waals surface area contributed by atoms with Crippen LogP contribution in [0.25, 0.3) is 0 Å². The van der Waals surface area contributed by atoms with E-state index in [1.807, 2.05) is 0 Å². The molecular weight excluding hydrogens is 253 g/mol. The number of alkyl halides is 3. The molecule has 0 saturated heterocycles. The molecule has 0 aliphatic heterocycles. The molecule has 1 heterocycles. The summed E-state index contributed by atoms with van der Waals surface area (Å²) in [6.45, 7) is 1.82. The van der Waals surface area contributed by atoms with E-state index < -0.39 is 18.9 Å². The Morgan fingerprint density at radius 2 is 2.06 bits per heavy atom. The Labute approximate surface area is 101 Å². The number of halogens is 3. The Hall–Kier alpha value is -1.73. The minimum atomic E-state index is -4.53. The van der Waals surface area contributed by atoms with E-state index in [1.165, 1.54) is 7.05 Å². The molecule has 102 valence electrons. The second-order valence-electron chi connectivity index (χ2n) is 3.83. The maximum Gasteiger partial charge on any atom is 0.422 e. The van der Waals surface area contributed by atoms with Crippen LogP contribution in [-0.4, -0.2) is 36.0 Å². The van der Waals surface area contributed by atoms with Crippen molar-refractivity contribution < 1.29 is 27.2 Å². The number of rotatable bonds is 3. The summed E-state index contributed by atoms with van der Waals surface area (Å²) in [6, 6.07) is 0. The van der Waals surface area contributed by atoms with E-state index in [4.69, 9.17) is 4.52 Å². The van der Waals surface area contributed by atoms with Crippen molar-refractivity contribution in [1.82, 2.24) is 10.1 Å². The molecule has 0 fully saturated rings. The van der Waals surface area contributed by atoms with E-state index in [-0.39, 0.29) is 6.54 Å². The first kappa shape index (κ1) is 14.3. The highest BCUT2D eigenvalue weighted by atomic mass is 19.4. The van der Waals surface area contributed by atoms with Crippen LogP contribution >= 0.6 is 0 Å². The summed E-state index contributed by atoms with van der Waals surface area (Å²) in [5.74, 6) is 0.517. The van der Waals surface area contributed by atoms with Gasteiger partial charge < -0.3 is 14.2 Å². The highest BCUT2D eigenvalue weighted by Crippen LogP contribution is 2.17. The third-order valence-corrected chi connectivity index (χ3v) is 2.25. The van der Waals surface area contributed by atoms with Crippen LogP contribution in [0.15, 0.2) is 4.52 Å². The summed E-state index contributed by atoms with van der Waals surface area (Å²) in [5, 5.41) is 3.68. The fraction of sp³-hybridized carbons (Fsp3) is 0.600. The quantitative estimate of drug-likeness (QED) is 0.843. The second-order valence-corrected chi connectivity index (χ2v) is 3.83. The number of hydrogen-bond donors (Lipinski definition) is 0. The van der Waals surface area contributed by atoms with E-state index in [1.54, 1.807) is 13.8 Å². The zero-order chi connectivity index (χ0) is 13.9. The van der Waals surface area contributed by atoms with Crippen LogP contribution in [0.4, 0.5) is 18.0 Å². The second kappa shape index (κ2) is 5.28. The van der Waals surface area contributed by atoms with Gasteiger partial charge >= 0.3 is 12.3 Å². The maximum absolute atomic E-state index is 11.9. The monoisotopic (exact) mass is 266 g/mol. The normalized spacial score (nSPS) is 11.4. The molecule has 0 aromatic carbocycles. The Bertz CT molecular complexity index is 409. The number of nitrogens with zero attached hydrogens (tertiary/aromatic N) is 2. The van der Waals surface area contributed by atoms with Gasteiger partial charge in [0.25, 0.3) is 0 Å². The summed E-state index contributed by atoms with van der Waals surface area (Å²) in [5.41, 5.74) is 1.24. The Kier molecular flexibility index (Phi) is 4.20. The predicted molar refractivity (Wildman–Crippen MR) is 54.8 cm³/mol. The highest BCUT2D eigenvalue weighted by molar-refractivity contribution is 5.67. The minimum absolute atomic E-state index is 0.0812. The average Bonchev–Trinajstić information content (AvgIpc) is 2.56. The molecule has 0 aliphatic rings. The fourth-order valence-electron chi connectivity index (χ4n) is 1.28. The third kappa shape index (κ3) is 3.94. The Morgan fingerprint density at radius 3 is 2.50 bits per heavy atom. The van der Waals surface area contributed by atoms with Gasteiger partial charge in [0.15, 0.2) is 6.61 Å². The maximum atomic E-state index is 11.9. The standard InChI is InChI=1S/C10H13F3N2O3/c1-6-8(7(2)18-14-6)4-15(3)9(16)17-5-10(11,12)13/h4-5H2,1-3H3. The van der Waals surface area contributed by atoms with Crippen LogP contribution < -0.4 is 0 Å². The molecule has 0 radical (unpaired) electrons. The molecule has 5 nitrogen and oxygen atoms in total. The summed E-state index contributed by atoms with van der Waals surface area (Å²) >= 11 is 0. The number of aromatic nitrogens is 1. The summed E-state index contributed by atoms with van der Waals surface area (Å²) in [4.78, 5) is 12.3. The number of carbonyl (C=O) groups excluding carboxylic acids is 1. The van der Waals surface area contributed by atoms with Crippen LogP contribution in [0, 0.1) is 13.8 Å². The van der Waals surface area contributed by atoms with E-state index in [0.29, 0.717) is 17.0 Å². The lowest BCUT2D eigenvalue weighted by molar-refractivity contribution is -0.162. The lowest BCUT2D eigenvalue weighted by Gasteiger charge is -2.17. The predicted octanol–water partition coefficient (Wildman–Crippen LogP) is 2.42.